The van der Waals surface area contributed by atoms with Crippen molar-refractivity contribution in [2.24, 2.45) is 0 Å². The van der Waals surface area contributed by atoms with Gasteiger partial charge >= 0.3 is 0 Å². The number of carbonyl (C=O) groups is 1. The number of nitrogens with two attached hydrogens (primary N) is 1. The molecule has 1 aliphatic rings. The van der Waals surface area contributed by atoms with Crippen LogP contribution < -0.4 is 11.4 Å². The van der Waals surface area contributed by atoms with Gasteiger partial charge in [0.1, 0.15) is 4.83 Å². The predicted octanol–water partition coefficient (Wildman–Crippen LogP) is 2.94. The van der Waals surface area contributed by atoms with Crippen LogP contribution in [0.5, 0.6) is 0 Å². The summed E-state index contributed by atoms with van der Waals surface area (Å²) >= 11 is 2.66. The van der Waals surface area contributed by atoms with Gasteiger partial charge in [-0.15, -0.1) is 11.3 Å². The molecule has 27 heavy (non-hydrogen) atoms. The molecule has 4 rings (SSSR count). The van der Waals surface area contributed by atoms with Crippen LogP contribution in [-0.4, -0.2) is 38.8 Å². The molecule has 0 saturated carbocycles. The second kappa shape index (κ2) is 7.36. The van der Waals surface area contributed by atoms with E-state index in [1.807, 2.05) is 47.5 Å². The Morgan fingerprint density at radius 2 is 1.96 bits per heavy atom. The zero-order chi connectivity index (χ0) is 19.0. The fourth-order valence-electron chi connectivity index (χ4n) is 3.30. The molecule has 8 heteroatoms. The molecule has 0 radical (unpaired) electrons. The SMILES string of the molecule is CC(Sc1nc2scc(-c3ccccc3)c2c(=O)n1N)C(=O)N1CCCC1. The maximum Gasteiger partial charge on any atom is 0.282 e. The zero-order valence-electron chi connectivity index (χ0n) is 14.9. The Hall–Kier alpha value is -2.32. The summed E-state index contributed by atoms with van der Waals surface area (Å²) in [5, 5.41) is 2.49. The monoisotopic (exact) mass is 400 g/mol. The van der Waals surface area contributed by atoms with Gasteiger partial charge in [-0.05, 0) is 25.3 Å². The van der Waals surface area contributed by atoms with Gasteiger partial charge in [0, 0.05) is 24.0 Å². The third-order valence-electron chi connectivity index (χ3n) is 4.74. The van der Waals surface area contributed by atoms with Crippen molar-refractivity contribution in [1.29, 1.82) is 0 Å². The summed E-state index contributed by atoms with van der Waals surface area (Å²) in [6.07, 6.45) is 2.10. The number of hydrogen-bond donors (Lipinski definition) is 1. The molecule has 6 nitrogen and oxygen atoms in total. The Balaban J connectivity index is 1.68. The van der Waals surface area contributed by atoms with Gasteiger partial charge in [0.05, 0.1) is 10.6 Å². The lowest BCUT2D eigenvalue weighted by Gasteiger charge is -2.20. The molecule has 1 saturated heterocycles. The highest BCUT2D eigenvalue weighted by molar-refractivity contribution is 8.00. The molecule has 1 amide bonds. The van der Waals surface area contributed by atoms with E-state index in [4.69, 9.17) is 5.84 Å². The first-order valence-electron chi connectivity index (χ1n) is 8.86. The fourth-order valence-corrected chi connectivity index (χ4v) is 5.20. The molecule has 1 atom stereocenters. The highest BCUT2D eigenvalue weighted by atomic mass is 32.2. The number of nitrogens with zero attached hydrogens (tertiary/aromatic N) is 3. The molecule has 140 valence electrons. The number of rotatable bonds is 4. The van der Waals surface area contributed by atoms with E-state index in [-0.39, 0.29) is 16.7 Å². The summed E-state index contributed by atoms with van der Waals surface area (Å²) in [4.78, 5) is 32.5. The first-order valence-corrected chi connectivity index (χ1v) is 10.6. The molecular weight excluding hydrogens is 380 g/mol. The summed E-state index contributed by atoms with van der Waals surface area (Å²) < 4.78 is 1.07. The summed E-state index contributed by atoms with van der Waals surface area (Å²) in [6, 6.07) is 9.72. The van der Waals surface area contributed by atoms with Crippen LogP contribution in [0.25, 0.3) is 21.3 Å². The van der Waals surface area contributed by atoms with Gasteiger partial charge in [-0.3, -0.25) is 9.59 Å². The second-order valence-corrected chi connectivity index (χ2v) is 8.72. The van der Waals surface area contributed by atoms with E-state index in [9.17, 15) is 9.59 Å². The van der Waals surface area contributed by atoms with Crippen molar-refractivity contribution in [2.75, 3.05) is 18.9 Å². The van der Waals surface area contributed by atoms with Gasteiger partial charge in [0.15, 0.2) is 5.16 Å². The van der Waals surface area contributed by atoms with E-state index in [0.717, 1.165) is 41.7 Å². The number of carbonyl (C=O) groups excluding carboxylic acids is 1. The standard InChI is InChI=1S/C19H20N4O2S2/c1-12(17(24)22-9-5-6-10-22)27-19-21-16-15(18(25)23(19)20)14(11-26-16)13-7-3-2-4-8-13/h2-4,7-8,11-12H,5-6,9-10,20H2,1H3. The van der Waals surface area contributed by atoms with Gasteiger partial charge in [-0.25, -0.2) is 9.66 Å². The number of hydrogen-bond acceptors (Lipinski definition) is 6. The minimum absolute atomic E-state index is 0.0722. The Morgan fingerprint density at radius 1 is 1.26 bits per heavy atom. The van der Waals surface area contributed by atoms with Crippen LogP contribution in [0.3, 0.4) is 0 Å². The Morgan fingerprint density at radius 3 is 2.67 bits per heavy atom. The van der Waals surface area contributed by atoms with Crippen LogP contribution in [0.1, 0.15) is 19.8 Å². The zero-order valence-corrected chi connectivity index (χ0v) is 16.6. The highest BCUT2D eigenvalue weighted by Gasteiger charge is 2.26. The number of amides is 1. The Bertz CT molecular complexity index is 1040. The van der Waals surface area contributed by atoms with Crippen molar-refractivity contribution in [1.82, 2.24) is 14.6 Å². The normalized spacial score (nSPS) is 15.4. The van der Waals surface area contributed by atoms with E-state index >= 15 is 0 Å². The molecule has 2 aromatic heterocycles. The van der Waals surface area contributed by atoms with Crippen molar-refractivity contribution in [3.63, 3.8) is 0 Å². The van der Waals surface area contributed by atoms with Crippen molar-refractivity contribution in [2.45, 2.75) is 30.2 Å². The van der Waals surface area contributed by atoms with Crippen molar-refractivity contribution >= 4 is 39.2 Å². The van der Waals surface area contributed by atoms with E-state index < -0.39 is 0 Å². The number of nitrogen functional groups attached to an aromatic ring is 1. The third kappa shape index (κ3) is 3.35. The lowest BCUT2D eigenvalue weighted by atomic mass is 10.1. The van der Waals surface area contributed by atoms with Crippen molar-refractivity contribution in [3.05, 3.63) is 46.1 Å². The number of thioether (sulfide) groups is 1. The van der Waals surface area contributed by atoms with Crippen LogP contribution in [-0.2, 0) is 4.79 Å². The Kier molecular flexibility index (Phi) is 4.92. The van der Waals surface area contributed by atoms with E-state index in [1.54, 1.807) is 0 Å². The fraction of sp³-hybridized carbons (Fsp3) is 0.316. The average molecular weight is 401 g/mol. The molecule has 1 fully saturated rings. The molecule has 2 N–H and O–H groups in total. The maximum atomic E-state index is 12.9. The van der Waals surface area contributed by atoms with Crippen LogP contribution >= 0.6 is 23.1 Å². The third-order valence-corrected chi connectivity index (χ3v) is 6.67. The average Bonchev–Trinajstić information content (AvgIpc) is 3.36. The number of thiophene rings is 1. The Labute approximate surface area is 165 Å². The van der Waals surface area contributed by atoms with Crippen LogP contribution in [0, 0.1) is 0 Å². The van der Waals surface area contributed by atoms with Gasteiger partial charge in [-0.1, -0.05) is 42.1 Å². The summed E-state index contributed by atoms with van der Waals surface area (Å²) in [5.74, 6) is 6.13. The van der Waals surface area contributed by atoms with E-state index in [2.05, 4.69) is 4.98 Å². The molecule has 3 aromatic rings. The lowest BCUT2D eigenvalue weighted by Crippen LogP contribution is -2.35. The maximum absolute atomic E-state index is 12.9. The number of fused-ring (bicyclic) bond motifs is 1. The lowest BCUT2D eigenvalue weighted by molar-refractivity contribution is -0.129. The number of benzene rings is 1. The van der Waals surface area contributed by atoms with E-state index in [1.165, 1.54) is 23.1 Å². The van der Waals surface area contributed by atoms with Crippen LogP contribution in [0.4, 0.5) is 0 Å². The minimum atomic E-state index is -0.337. The molecule has 1 aliphatic heterocycles. The minimum Gasteiger partial charge on any atom is -0.342 e. The van der Waals surface area contributed by atoms with Gasteiger partial charge < -0.3 is 10.7 Å². The summed E-state index contributed by atoms with van der Waals surface area (Å²) in [6.45, 7) is 3.44. The first kappa shape index (κ1) is 18.1. The molecule has 0 aliphatic carbocycles. The van der Waals surface area contributed by atoms with Crippen LogP contribution in [0.2, 0.25) is 0 Å². The predicted molar refractivity (Wildman–Crippen MR) is 111 cm³/mol. The smallest absolute Gasteiger partial charge is 0.282 e. The molecule has 0 bridgehead atoms. The van der Waals surface area contributed by atoms with Crippen molar-refractivity contribution in [3.8, 4) is 11.1 Å². The second-order valence-electron chi connectivity index (χ2n) is 6.56. The number of likely N-dealkylation sites (tertiary alicyclic amines) is 1. The molecule has 1 unspecified atom stereocenters. The largest absolute Gasteiger partial charge is 0.342 e. The van der Waals surface area contributed by atoms with Crippen molar-refractivity contribution < 1.29 is 4.79 Å². The highest BCUT2D eigenvalue weighted by Crippen LogP contribution is 2.32. The van der Waals surface area contributed by atoms with E-state index in [0.29, 0.717) is 15.4 Å². The first-order chi connectivity index (χ1) is 13.1. The topological polar surface area (TPSA) is 81.2 Å². The molecule has 1 aromatic carbocycles. The molecule has 0 spiro atoms. The van der Waals surface area contributed by atoms with Gasteiger partial charge in [0.2, 0.25) is 5.91 Å². The van der Waals surface area contributed by atoms with Crippen LogP contribution in [0.15, 0.2) is 45.7 Å². The summed E-state index contributed by atoms with van der Waals surface area (Å²) in [7, 11) is 0. The molecular formula is C19H20N4O2S2. The number of aromatic nitrogens is 2. The van der Waals surface area contributed by atoms with Gasteiger partial charge in [-0.2, -0.15) is 0 Å². The summed E-state index contributed by atoms with van der Waals surface area (Å²) in [5.41, 5.74) is 1.51. The molecule has 3 heterocycles. The quantitative estimate of drug-likeness (QED) is 0.414. The van der Waals surface area contributed by atoms with Gasteiger partial charge in [0.25, 0.3) is 5.56 Å².